The molecule has 0 radical (unpaired) electrons. The molecule has 2 amide bonds. The molecule has 0 spiro atoms. The molecule has 0 unspecified atom stereocenters. The van der Waals surface area contributed by atoms with Crippen LogP contribution < -0.4 is 5.32 Å². The highest BCUT2D eigenvalue weighted by atomic mass is 16.5. The SMILES string of the molecule is COCCN(CCOC)C(=O)C(=O)Nc1ccccn1. The molecule has 0 aromatic carbocycles. The maximum atomic E-state index is 12.0. The maximum Gasteiger partial charge on any atom is 0.315 e. The summed E-state index contributed by atoms with van der Waals surface area (Å²) < 4.78 is 9.84. The number of amides is 2. The Morgan fingerprint density at radius 1 is 1.20 bits per heavy atom. The number of methoxy groups -OCH3 is 2. The van der Waals surface area contributed by atoms with Gasteiger partial charge in [0.05, 0.1) is 13.2 Å². The van der Waals surface area contributed by atoms with Crippen molar-refractivity contribution in [2.45, 2.75) is 0 Å². The Morgan fingerprint density at radius 2 is 1.85 bits per heavy atom. The number of carbonyl (C=O) groups excluding carboxylic acids is 2. The molecule has 7 heteroatoms. The summed E-state index contributed by atoms with van der Waals surface area (Å²) in [5.41, 5.74) is 0. The summed E-state index contributed by atoms with van der Waals surface area (Å²) >= 11 is 0. The van der Waals surface area contributed by atoms with Crippen LogP contribution in [0.2, 0.25) is 0 Å². The van der Waals surface area contributed by atoms with Crippen molar-refractivity contribution in [2.75, 3.05) is 45.8 Å². The van der Waals surface area contributed by atoms with Gasteiger partial charge in [0.1, 0.15) is 5.82 Å². The van der Waals surface area contributed by atoms with E-state index in [1.165, 1.54) is 25.3 Å². The van der Waals surface area contributed by atoms with Gasteiger partial charge in [0.25, 0.3) is 0 Å². The van der Waals surface area contributed by atoms with Crippen molar-refractivity contribution in [1.82, 2.24) is 9.88 Å². The molecule has 7 nitrogen and oxygen atoms in total. The normalized spacial score (nSPS) is 10.1. The predicted octanol–water partition coefficient (Wildman–Crippen LogP) is 0.142. The highest BCUT2D eigenvalue weighted by molar-refractivity contribution is 6.39. The minimum Gasteiger partial charge on any atom is -0.383 e. The van der Waals surface area contributed by atoms with Gasteiger partial charge in [-0.05, 0) is 12.1 Å². The van der Waals surface area contributed by atoms with E-state index in [2.05, 4.69) is 10.3 Å². The summed E-state index contributed by atoms with van der Waals surface area (Å²) in [5.74, 6) is -1.02. The smallest absolute Gasteiger partial charge is 0.315 e. The van der Waals surface area contributed by atoms with Crippen molar-refractivity contribution < 1.29 is 19.1 Å². The number of ether oxygens (including phenoxy) is 2. The topological polar surface area (TPSA) is 80.8 Å². The van der Waals surface area contributed by atoms with Crippen molar-refractivity contribution in [3.05, 3.63) is 24.4 Å². The van der Waals surface area contributed by atoms with Crippen LogP contribution >= 0.6 is 0 Å². The average Bonchev–Trinajstić information content (AvgIpc) is 2.48. The fourth-order valence-electron chi connectivity index (χ4n) is 1.47. The van der Waals surface area contributed by atoms with E-state index in [9.17, 15) is 9.59 Å². The summed E-state index contributed by atoms with van der Waals surface area (Å²) in [6, 6.07) is 5.06. The first-order valence-corrected chi connectivity index (χ1v) is 6.18. The van der Waals surface area contributed by atoms with Crippen LogP contribution in [-0.4, -0.2) is 62.2 Å². The number of hydrogen-bond donors (Lipinski definition) is 1. The zero-order chi connectivity index (χ0) is 14.8. The lowest BCUT2D eigenvalue weighted by Gasteiger charge is -2.21. The van der Waals surface area contributed by atoms with Gasteiger partial charge in [0, 0.05) is 33.5 Å². The molecule has 0 fully saturated rings. The van der Waals surface area contributed by atoms with Gasteiger partial charge < -0.3 is 19.7 Å². The fourth-order valence-corrected chi connectivity index (χ4v) is 1.47. The summed E-state index contributed by atoms with van der Waals surface area (Å²) in [7, 11) is 3.07. The molecule has 0 atom stereocenters. The third-order valence-corrected chi connectivity index (χ3v) is 2.52. The van der Waals surface area contributed by atoms with Gasteiger partial charge >= 0.3 is 11.8 Å². The minimum absolute atomic E-state index is 0.328. The molecule has 1 heterocycles. The number of nitrogens with zero attached hydrogens (tertiary/aromatic N) is 2. The molecule has 0 saturated carbocycles. The first-order valence-electron chi connectivity index (χ1n) is 6.18. The average molecular weight is 281 g/mol. The number of anilines is 1. The van der Waals surface area contributed by atoms with E-state index in [-0.39, 0.29) is 0 Å². The van der Waals surface area contributed by atoms with Crippen LogP contribution in [0.5, 0.6) is 0 Å². The molecule has 1 rings (SSSR count). The first-order chi connectivity index (χ1) is 9.69. The Hall–Kier alpha value is -1.99. The zero-order valence-corrected chi connectivity index (χ0v) is 11.7. The molecule has 0 aliphatic rings. The van der Waals surface area contributed by atoms with Crippen LogP contribution in [0.4, 0.5) is 5.82 Å². The van der Waals surface area contributed by atoms with Gasteiger partial charge in [-0.2, -0.15) is 0 Å². The third-order valence-electron chi connectivity index (χ3n) is 2.52. The summed E-state index contributed by atoms with van der Waals surface area (Å²) in [6.45, 7) is 1.36. The molecular formula is C13H19N3O4. The molecule has 1 aromatic heterocycles. The van der Waals surface area contributed by atoms with Crippen molar-refractivity contribution in [1.29, 1.82) is 0 Å². The number of rotatable bonds is 7. The monoisotopic (exact) mass is 281 g/mol. The number of carbonyl (C=O) groups is 2. The van der Waals surface area contributed by atoms with Crippen molar-refractivity contribution in [3.8, 4) is 0 Å². The van der Waals surface area contributed by atoms with Gasteiger partial charge in [-0.25, -0.2) is 4.98 Å². The lowest BCUT2D eigenvalue weighted by molar-refractivity contribution is -0.144. The van der Waals surface area contributed by atoms with Crippen LogP contribution in [-0.2, 0) is 19.1 Å². The molecule has 0 aliphatic carbocycles. The van der Waals surface area contributed by atoms with E-state index in [0.29, 0.717) is 32.1 Å². The lowest BCUT2D eigenvalue weighted by atomic mass is 10.4. The number of pyridine rings is 1. The second-order valence-electron chi connectivity index (χ2n) is 3.95. The van der Waals surface area contributed by atoms with E-state index in [4.69, 9.17) is 9.47 Å². The number of hydrogen-bond acceptors (Lipinski definition) is 5. The van der Waals surface area contributed by atoms with Crippen LogP contribution in [0.1, 0.15) is 0 Å². The molecule has 0 bridgehead atoms. The zero-order valence-electron chi connectivity index (χ0n) is 11.7. The second-order valence-corrected chi connectivity index (χ2v) is 3.95. The molecular weight excluding hydrogens is 262 g/mol. The largest absolute Gasteiger partial charge is 0.383 e. The van der Waals surface area contributed by atoms with Crippen LogP contribution in [0.15, 0.2) is 24.4 Å². The lowest BCUT2D eigenvalue weighted by Crippen LogP contribution is -2.43. The Morgan fingerprint density at radius 3 is 2.35 bits per heavy atom. The summed E-state index contributed by atoms with van der Waals surface area (Å²) in [5, 5.41) is 2.45. The summed E-state index contributed by atoms with van der Waals surface area (Å²) in [6.07, 6.45) is 1.54. The Balaban J connectivity index is 2.60. The Labute approximate surface area is 117 Å². The van der Waals surface area contributed by atoms with E-state index < -0.39 is 11.8 Å². The quantitative estimate of drug-likeness (QED) is 0.719. The van der Waals surface area contributed by atoms with E-state index in [0.717, 1.165) is 0 Å². The van der Waals surface area contributed by atoms with Gasteiger partial charge in [-0.15, -0.1) is 0 Å². The van der Waals surface area contributed by atoms with Gasteiger partial charge in [0.15, 0.2) is 0 Å². The molecule has 0 aliphatic heterocycles. The molecule has 20 heavy (non-hydrogen) atoms. The van der Waals surface area contributed by atoms with E-state index in [1.54, 1.807) is 18.2 Å². The van der Waals surface area contributed by atoms with Gasteiger partial charge in [0.2, 0.25) is 0 Å². The highest BCUT2D eigenvalue weighted by Gasteiger charge is 2.21. The van der Waals surface area contributed by atoms with Gasteiger partial charge in [-0.3, -0.25) is 9.59 Å². The standard InChI is InChI=1S/C13H19N3O4/c1-19-9-7-16(8-10-20-2)13(18)12(17)15-11-5-3-4-6-14-11/h3-6H,7-10H2,1-2H3,(H,14,15,17). The fraction of sp³-hybridized carbons (Fsp3) is 0.462. The molecule has 1 aromatic rings. The minimum atomic E-state index is -0.726. The highest BCUT2D eigenvalue weighted by Crippen LogP contribution is 2.01. The van der Waals surface area contributed by atoms with Crippen molar-refractivity contribution in [2.24, 2.45) is 0 Å². The Bertz CT molecular complexity index is 417. The van der Waals surface area contributed by atoms with E-state index >= 15 is 0 Å². The van der Waals surface area contributed by atoms with Crippen LogP contribution in [0.3, 0.4) is 0 Å². The van der Waals surface area contributed by atoms with Crippen LogP contribution in [0, 0.1) is 0 Å². The number of nitrogens with one attached hydrogen (secondary N) is 1. The summed E-state index contributed by atoms with van der Waals surface area (Å²) in [4.78, 5) is 29.2. The van der Waals surface area contributed by atoms with Crippen molar-refractivity contribution in [3.63, 3.8) is 0 Å². The van der Waals surface area contributed by atoms with Crippen molar-refractivity contribution >= 4 is 17.6 Å². The third kappa shape index (κ3) is 5.33. The predicted molar refractivity (Wildman–Crippen MR) is 73.2 cm³/mol. The maximum absolute atomic E-state index is 12.0. The van der Waals surface area contributed by atoms with E-state index in [1.807, 2.05) is 0 Å². The second kappa shape index (κ2) is 9.00. The molecule has 0 saturated heterocycles. The Kier molecular flexibility index (Phi) is 7.23. The first kappa shape index (κ1) is 16.1. The molecule has 1 N–H and O–H groups in total. The van der Waals surface area contributed by atoms with Crippen LogP contribution in [0.25, 0.3) is 0 Å². The molecule has 110 valence electrons. The van der Waals surface area contributed by atoms with Gasteiger partial charge in [-0.1, -0.05) is 6.07 Å². The number of aromatic nitrogens is 1.